The first-order valence-corrected chi connectivity index (χ1v) is 11.5. The molecule has 1 aliphatic rings. The summed E-state index contributed by atoms with van der Waals surface area (Å²) >= 11 is 0. The minimum absolute atomic E-state index is 0.0123. The molecule has 7 nitrogen and oxygen atoms in total. The molecule has 1 aliphatic carbocycles. The highest BCUT2D eigenvalue weighted by Crippen LogP contribution is 2.44. The molecule has 176 valence electrons. The number of carboxylic acids is 1. The summed E-state index contributed by atoms with van der Waals surface area (Å²) in [5, 5.41) is 14.6. The first-order chi connectivity index (χ1) is 15.8. The maximum absolute atomic E-state index is 12.6. The van der Waals surface area contributed by atoms with E-state index in [9.17, 15) is 19.5 Å². The van der Waals surface area contributed by atoms with Gasteiger partial charge in [0.25, 0.3) is 0 Å². The molecule has 0 bridgehead atoms. The van der Waals surface area contributed by atoms with Crippen molar-refractivity contribution in [2.45, 2.75) is 45.6 Å². The third-order valence-corrected chi connectivity index (χ3v) is 6.15. The van der Waals surface area contributed by atoms with Gasteiger partial charge in [-0.3, -0.25) is 9.59 Å². The third-order valence-electron chi connectivity index (χ3n) is 6.15. The number of hydrogen-bond acceptors (Lipinski definition) is 4. The van der Waals surface area contributed by atoms with E-state index < -0.39 is 29.9 Å². The number of carboxylic acid groups (broad SMARTS) is 1. The lowest BCUT2D eigenvalue weighted by atomic mass is 9.96. The summed E-state index contributed by atoms with van der Waals surface area (Å²) in [7, 11) is 0. The number of amides is 2. The van der Waals surface area contributed by atoms with Crippen LogP contribution in [0, 0.1) is 11.8 Å². The maximum atomic E-state index is 12.6. The Hall–Kier alpha value is -3.35. The number of ether oxygens (including phenoxy) is 1. The molecule has 7 heteroatoms. The van der Waals surface area contributed by atoms with E-state index in [1.807, 2.05) is 43.3 Å². The molecular weight excluding hydrogens is 420 g/mol. The second kappa shape index (κ2) is 11.0. The van der Waals surface area contributed by atoms with Gasteiger partial charge in [-0.25, -0.2) is 4.79 Å². The van der Waals surface area contributed by atoms with Crippen molar-refractivity contribution in [3.8, 4) is 11.1 Å². The highest BCUT2D eigenvalue weighted by Gasteiger charge is 2.30. The first-order valence-electron chi connectivity index (χ1n) is 11.5. The van der Waals surface area contributed by atoms with Crippen LogP contribution >= 0.6 is 0 Å². The Kier molecular flexibility index (Phi) is 8.09. The number of nitrogens with one attached hydrogen (secondary N) is 2. The molecule has 3 N–H and O–H groups in total. The Morgan fingerprint density at radius 3 is 2.09 bits per heavy atom. The standard InChI is InChI=1S/C26H32N2O5/c1-4-9-23(24(29)27-14-21(16(2)3)25(30)31)28-26(32)33-15-22-19-12-7-5-10-17(19)18-11-6-8-13-20(18)22/h5-8,10-13,16,21-23H,4,9,14-15H2,1-3H3,(H,27,29)(H,28,32)(H,30,31). The molecule has 0 saturated heterocycles. The number of carbonyl (C=O) groups is 3. The van der Waals surface area contributed by atoms with Gasteiger partial charge in [0.05, 0.1) is 5.92 Å². The van der Waals surface area contributed by atoms with Gasteiger partial charge in [0.1, 0.15) is 12.6 Å². The van der Waals surface area contributed by atoms with Gasteiger partial charge in [0.15, 0.2) is 0 Å². The largest absolute Gasteiger partial charge is 0.481 e. The Bertz CT molecular complexity index is 958. The molecule has 2 amide bonds. The highest BCUT2D eigenvalue weighted by atomic mass is 16.5. The number of benzene rings is 2. The van der Waals surface area contributed by atoms with Gasteiger partial charge in [0.2, 0.25) is 5.91 Å². The van der Waals surface area contributed by atoms with Crippen LogP contribution in [0.15, 0.2) is 48.5 Å². The van der Waals surface area contributed by atoms with Crippen molar-refractivity contribution in [3.63, 3.8) is 0 Å². The summed E-state index contributed by atoms with van der Waals surface area (Å²) in [6, 6.07) is 15.4. The predicted octanol–water partition coefficient (Wildman–Crippen LogP) is 4.17. The zero-order chi connectivity index (χ0) is 24.0. The van der Waals surface area contributed by atoms with Crippen LogP contribution in [0.4, 0.5) is 4.79 Å². The van der Waals surface area contributed by atoms with Gasteiger partial charge >= 0.3 is 12.1 Å². The van der Waals surface area contributed by atoms with E-state index >= 15 is 0 Å². The molecule has 0 heterocycles. The van der Waals surface area contributed by atoms with Crippen molar-refractivity contribution in [1.29, 1.82) is 0 Å². The molecule has 0 radical (unpaired) electrons. The van der Waals surface area contributed by atoms with Gasteiger partial charge in [-0.05, 0) is 34.6 Å². The average molecular weight is 453 g/mol. The maximum Gasteiger partial charge on any atom is 0.407 e. The van der Waals surface area contributed by atoms with Gasteiger partial charge < -0.3 is 20.5 Å². The zero-order valence-corrected chi connectivity index (χ0v) is 19.3. The quantitative estimate of drug-likeness (QED) is 0.502. The van der Waals surface area contributed by atoms with E-state index in [0.29, 0.717) is 12.8 Å². The Morgan fingerprint density at radius 2 is 1.58 bits per heavy atom. The van der Waals surface area contributed by atoms with Gasteiger partial charge in [-0.15, -0.1) is 0 Å². The number of carbonyl (C=O) groups excluding carboxylic acids is 2. The number of fused-ring (bicyclic) bond motifs is 3. The van der Waals surface area contributed by atoms with Gasteiger partial charge in [0, 0.05) is 12.5 Å². The van der Waals surface area contributed by atoms with Crippen molar-refractivity contribution in [2.75, 3.05) is 13.2 Å². The first kappa shape index (κ1) is 24.3. The molecule has 2 unspecified atom stereocenters. The van der Waals surface area contributed by atoms with Crippen LogP contribution in [0.25, 0.3) is 11.1 Å². The fourth-order valence-electron chi connectivity index (χ4n) is 4.28. The summed E-state index contributed by atoms with van der Waals surface area (Å²) in [5.74, 6) is -2.24. The lowest BCUT2D eigenvalue weighted by molar-refractivity contribution is -0.143. The summed E-state index contributed by atoms with van der Waals surface area (Å²) in [6.45, 7) is 5.67. The molecule has 0 aromatic heterocycles. The topological polar surface area (TPSA) is 105 Å². The van der Waals surface area contributed by atoms with Gasteiger partial charge in [-0.2, -0.15) is 0 Å². The minimum Gasteiger partial charge on any atom is -0.481 e. The molecule has 0 spiro atoms. The molecular formula is C26H32N2O5. The van der Waals surface area contributed by atoms with Crippen molar-refractivity contribution >= 4 is 18.0 Å². The van der Waals surface area contributed by atoms with Crippen LogP contribution in [0.3, 0.4) is 0 Å². The van der Waals surface area contributed by atoms with Crippen LogP contribution in [-0.4, -0.2) is 42.3 Å². The van der Waals surface area contributed by atoms with E-state index in [2.05, 4.69) is 22.8 Å². The van der Waals surface area contributed by atoms with Crippen molar-refractivity contribution in [3.05, 3.63) is 59.7 Å². The van der Waals surface area contributed by atoms with Crippen LogP contribution < -0.4 is 10.6 Å². The zero-order valence-electron chi connectivity index (χ0n) is 19.3. The third kappa shape index (κ3) is 5.72. The van der Waals surface area contributed by atoms with E-state index in [4.69, 9.17) is 4.74 Å². The fraction of sp³-hybridized carbons (Fsp3) is 0.423. The van der Waals surface area contributed by atoms with E-state index in [1.165, 1.54) is 0 Å². The Balaban J connectivity index is 1.60. The molecule has 3 rings (SSSR count). The lowest BCUT2D eigenvalue weighted by Crippen LogP contribution is -2.48. The second-order valence-electron chi connectivity index (χ2n) is 8.75. The molecule has 33 heavy (non-hydrogen) atoms. The minimum atomic E-state index is -0.957. The molecule has 2 atom stereocenters. The van der Waals surface area contributed by atoms with E-state index in [-0.39, 0.29) is 25.0 Å². The second-order valence-corrected chi connectivity index (χ2v) is 8.75. The van der Waals surface area contributed by atoms with Crippen LogP contribution in [-0.2, 0) is 14.3 Å². The monoisotopic (exact) mass is 452 g/mol. The number of rotatable bonds is 10. The van der Waals surface area contributed by atoms with Crippen LogP contribution in [0.1, 0.15) is 50.7 Å². The van der Waals surface area contributed by atoms with Crippen molar-refractivity contribution < 1.29 is 24.2 Å². The van der Waals surface area contributed by atoms with E-state index in [0.717, 1.165) is 22.3 Å². The van der Waals surface area contributed by atoms with Crippen molar-refractivity contribution in [1.82, 2.24) is 10.6 Å². The van der Waals surface area contributed by atoms with Crippen LogP contribution in [0.5, 0.6) is 0 Å². The fourth-order valence-corrected chi connectivity index (χ4v) is 4.28. The van der Waals surface area contributed by atoms with Gasteiger partial charge in [-0.1, -0.05) is 75.7 Å². The molecule has 0 saturated carbocycles. The Morgan fingerprint density at radius 1 is 1.00 bits per heavy atom. The predicted molar refractivity (Wildman–Crippen MR) is 126 cm³/mol. The summed E-state index contributed by atoms with van der Waals surface area (Å²) in [5.41, 5.74) is 4.51. The molecule has 2 aromatic carbocycles. The summed E-state index contributed by atoms with van der Waals surface area (Å²) < 4.78 is 5.54. The summed E-state index contributed by atoms with van der Waals surface area (Å²) in [4.78, 5) is 36.6. The molecule has 0 fully saturated rings. The normalized spacial score (nSPS) is 14.2. The molecule has 2 aromatic rings. The number of alkyl carbamates (subject to hydrolysis) is 1. The average Bonchev–Trinajstić information content (AvgIpc) is 3.10. The SMILES string of the molecule is CCCC(NC(=O)OCC1c2ccccc2-c2ccccc21)C(=O)NCC(C(=O)O)C(C)C. The molecule has 0 aliphatic heterocycles. The highest BCUT2D eigenvalue weighted by molar-refractivity contribution is 5.86. The number of aliphatic carboxylic acids is 1. The lowest BCUT2D eigenvalue weighted by Gasteiger charge is -2.21. The summed E-state index contributed by atoms with van der Waals surface area (Å²) in [6.07, 6.45) is 0.438. The van der Waals surface area contributed by atoms with E-state index in [1.54, 1.807) is 13.8 Å². The number of hydrogen-bond donors (Lipinski definition) is 3. The Labute approximate surface area is 194 Å². The smallest absolute Gasteiger partial charge is 0.407 e. The van der Waals surface area contributed by atoms with Crippen molar-refractivity contribution in [2.24, 2.45) is 11.8 Å². The van der Waals surface area contributed by atoms with Crippen LogP contribution in [0.2, 0.25) is 0 Å².